The van der Waals surface area contributed by atoms with Crippen LogP contribution in [0.15, 0.2) is 33.5 Å². The number of ether oxygens (including phenoxy) is 1. The minimum Gasteiger partial charge on any atom is -0.408 e. The van der Waals surface area contributed by atoms with E-state index in [1.165, 1.54) is 36.7 Å². The first kappa shape index (κ1) is 17.3. The molecular formula is C20H26N2O4. The lowest BCUT2D eigenvalue weighted by atomic mass is 9.85. The van der Waals surface area contributed by atoms with Crippen LogP contribution in [-0.2, 0) is 16.1 Å². The van der Waals surface area contributed by atoms with Crippen molar-refractivity contribution in [3.8, 4) is 0 Å². The lowest BCUT2D eigenvalue weighted by Crippen LogP contribution is -2.47. The van der Waals surface area contributed by atoms with E-state index in [0.717, 1.165) is 12.3 Å². The lowest BCUT2D eigenvalue weighted by Gasteiger charge is -2.35. The second-order valence-electron chi connectivity index (χ2n) is 7.49. The standard InChI is InChI=1S/C20H26N2O4/c23-19(14-22-17-8-4-5-9-18(17)26-20(22)24)21-10-11-25-16(13-21)12-15-6-2-1-3-7-15/h4-5,8-9,15-16H,1-3,6-7,10-14H2. The number of aromatic nitrogens is 1. The zero-order valence-corrected chi connectivity index (χ0v) is 15.1. The van der Waals surface area contributed by atoms with Crippen molar-refractivity contribution in [3.05, 3.63) is 34.8 Å². The summed E-state index contributed by atoms with van der Waals surface area (Å²) in [5, 5.41) is 0. The van der Waals surface area contributed by atoms with Crippen LogP contribution in [-0.4, -0.2) is 41.2 Å². The van der Waals surface area contributed by atoms with Crippen molar-refractivity contribution in [2.75, 3.05) is 19.7 Å². The lowest BCUT2D eigenvalue weighted by molar-refractivity contribution is -0.140. The molecule has 1 aliphatic heterocycles. The molecule has 6 nitrogen and oxygen atoms in total. The Morgan fingerprint density at radius 3 is 2.81 bits per heavy atom. The highest BCUT2D eigenvalue weighted by Gasteiger charge is 2.28. The van der Waals surface area contributed by atoms with Crippen LogP contribution in [0.3, 0.4) is 0 Å². The summed E-state index contributed by atoms with van der Waals surface area (Å²) in [7, 11) is 0. The molecule has 0 N–H and O–H groups in total. The number of para-hydroxylation sites is 2. The number of benzene rings is 1. The van der Waals surface area contributed by atoms with Crippen molar-refractivity contribution in [3.63, 3.8) is 0 Å². The molecule has 0 radical (unpaired) electrons. The third kappa shape index (κ3) is 3.70. The van der Waals surface area contributed by atoms with Crippen LogP contribution in [0, 0.1) is 5.92 Å². The molecule has 4 rings (SSSR count). The van der Waals surface area contributed by atoms with Crippen molar-refractivity contribution in [1.29, 1.82) is 0 Å². The summed E-state index contributed by atoms with van der Waals surface area (Å²) in [6, 6.07) is 7.20. The third-order valence-corrected chi connectivity index (χ3v) is 5.68. The normalized spacial score (nSPS) is 22.0. The van der Waals surface area contributed by atoms with Gasteiger partial charge in [-0.25, -0.2) is 4.79 Å². The highest BCUT2D eigenvalue weighted by Crippen LogP contribution is 2.29. The Hall–Kier alpha value is -2.08. The van der Waals surface area contributed by atoms with Gasteiger partial charge in [0.2, 0.25) is 5.91 Å². The predicted octanol–water partition coefficient (Wildman–Crippen LogP) is 2.79. The SMILES string of the molecule is O=C(Cn1c(=O)oc2ccccc21)N1CCOC(CC2CCCCC2)C1. The molecule has 1 aromatic carbocycles. The zero-order chi connectivity index (χ0) is 17.9. The Balaban J connectivity index is 1.40. The molecule has 140 valence electrons. The van der Waals surface area contributed by atoms with Crippen LogP contribution < -0.4 is 5.76 Å². The molecule has 2 fully saturated rings. The van der Waals surface area contributed by atoms with Crippen LogP contribution >= 0.6 is 0 Å². The van der Waals surface area contributed by atoms with E-state index in [0.29, 0.717) is 30.8 Å². The number of morpholine rings is 1. The Bertz CT molecular complexity index is 819. The van der Waals surface area contributed by atoms with Crippen LogP contribution in [0.1, 0.15) is 38.5 Å². The average molecular weight is 358 g/mol. The van der Waals surface area contributed by atoms with E-state index in [4.69, 9.17) is 9.15 Å². The maximum absolute atomic E-state index is 12.8. The summed E-state index contributed by atoms with van der Waals surface area (Å²) in [5.41, 5.74) is 1.18. The van der Waals surface area contributed by atoms with E-state index in [9.17, 15) is 9.59 Å². The van der Waals surface area contributed by atoms with Crippen LogP contribution in [0.5, 0.6) is 0 Å². The van der Waals surface area contributed by atoms with E-state index in [1.807, 2.05) is 17.0 Å². The first-order valence-electron chi connectivity index (χ1n) is 9.68. The van der Waals surface area contributed by atoms with Gasteiger partial charge >= 0.3 is 5.76 Å². The van der Waals surface area contributed by atoms with Gasteiger partial charge in [0.25, 0.3) is 0 Å². The fraction of sp³-hybridized carbons (Fsp3) is 0.600. The summed E-state index contributed by atoms with van der Waals surface area (Å²) in [4.78, 5) is 26.7. The molecule has 1 atom stereocenters. The highest BCUT2D eigenvalue weighted by atomic mass is 16.5. The number of hydrogen-bond donors (Lipinski definition) is 0. The molecule has 2 aromatic rings. The van der Waals surface area contributed by atoms with Crippen molar-refractivity contribution in [1.82, 2.24) is 9.47 Å². The second-order valence-corrected chi connectivity index (χ2v) is 7.49. The Kier molecular flexibility index (Phi) is 5.11. The van der Waals surface area contributed by atoms with E-state index >= 15 is 0 Å². The monoisotopic (exact) mass is 358 g/mol. The molecule has 1 saturated heterocycles. The molecule has 2 heterocycles. The minimum atomic E-state index is -0.480. The molecule has 2 aliphatic rings. The molecule has 1 aromatic heterocycles. The number of rotatable bonds is 4. The first-order valence-corrected chi connectivity index (χ1v) is 9.68. The molecule has 26 heavy (non-hydrogen) atoms. The van der Waals surface area contributed by atoms with Gasteiger partial charge in [0, 0.05) is 13.1 Å². The van der Waals surface area contributed by atoms with E-state index in [2.05, 4.69) is 0 Å². The summed E-state index contributed by atoms with van der Waals surface area (Å²) in [5.74, 6) is 0.200. The van der Waals surface area contributed by atoms with Crippen molar-refractivity contribution < 1.29 is 13.9 Å². The summed E-state index contributed by atoms with van der Waals surface area (Å²) in [6.45, 7) is 1.81. The Morgan fingerprint density at radius 1 is 1.15 bits per heavy atom. The average Bonchev–Trinajstić information content (AvgIpc) is 2.98. The van der Waals surface area contributed by atoms with Gasteiger partial charge in [0.05, 0.1) is 18.2 Å². The van der Waals surface area contributed by atoms with Gasteiger partial charge in [-0.1, -0.05) is 44.2 Å². The van der Waals surface area contributed by atoms with Crippen LogP contribution in [0.2, 0.25) is 0 Å². The number of fused-ring (bicyclic) bond motifs is 1. The number of nitrogens with zero attached hydrogens (tertiary/aromatic N) is 2. The van der Waals surface area contributed by atoms with Crippen molar-refractivity contribution >= 4 is 17.0 Å². The molecule has 1 unspecified atom stereocenters. The van der Waals surface area contributed by atoms with Crippen LogP contribution in [0.25, 0.3) is 11.1 Å². The quantitative estimate of drug-likeness (QED) is 0.843. The van der Waals surface area contributed by atoms with Gasteiger partial charge in [0.15, 0.2) is 5.58 Å². The van der Waals surface area contributed by atoms with Crippen LogP contribution in [0.4, 0.5) is 0 Å². The van der Waals surface area contributed by atoms with Gasteiger partial charge in [-0.2, -0.15) is 0 Å². The van der Waals surface area contributed by atoms with Gasteiger partial charge in [-0.05, 0) is 24.5 Å². The third-order valence-electron chi connectivity index (χ3n) is 5.68. The maximum atomic E-state index is 12.8. The van der Waals surface area contributed by atoms with Crippen molar-refractivity contribution in [2.24, 2.45) is 5.92 Å². The van der Waals surface area contributed by atoms with Gasteiger partial charge in [-0.3, -0.25) is 9.36 Å². The number of amides is 1. The topological polar surface area (TPSA) is 64.7 Å². The maximum Gasteiger partial charge on any atom is 0.420 e. The Labute approximate surface area is 152 Å². The molecule has 6 heteroatoms. The van der Waals surface area contributed by atoms with Gasteiger partial charge in [0.1, 0.15) is 6.54 Å². The molecule has 0 spiro atoms. The largest absolute Gasteiger partial charge is 0.420 e. The molecule has 0 bridgehead atoms. The fourth-order valence-electron chi connectivity index (χ4n) is 4.28. The number of carbonyl (C=O) groups excluding carboxylic acids is 1. The van der Waals surface area contributed by atoms with E-state index in [1.54, 1.807) is 12.1 Å². The smallest absolute Gasteiger partial charge is 0.408 e. The number of carbonyl (C=O) groups is 1. The summed E-state index contributed by atoms with van der Waals surface area (Å²) < 4.78 is 12.6. The molecule has 1 amide bonds. The predicted molar refractivity (Wildman–Crippen MR) is 98.0 cm³/mol. The van der Waals surface area contributed by atoms with E-state index < -0.39 is 5.76 Å². The minimum absolute atomic E-state index is 0.0198. The van der Waals surface area contributed by atoms with Gasteiger partial charge in [-0.15, -0.1) is 0 Å². The van der Waals surface area contributed by atoms with Crippen molar-refractivity contribution in [2.45, 2.75) is 51.2 Å². The summed E-state index contributed by atoms with van der Waals surface area (Å²) in [6.07, 6.45) is 7.70. The molecular weight excluding hydrogens is 332 g/mol. The summed E-state index contributed by atoms with van der Waals surface area (Å²) >= 11 is 0. The van der Waals surface area contributed by atoms with E-state index in [-0.39, 0.29) is 18.6 Å². The first-order chi connectivity index (χ1) is 12.7. The Morgan fingerprint density at radius 2 is 1.96 bits per heavy atom. The zero-order valence-electron chi connectivity index (χ0n) is 15.1. The molecule has 1 aliphatic carbocycles. The molecule has 1 saturated carbocycles. The van der Waals surface area contributed by atoms with Gasteiger partial charge < -0.3 is 14.1 Å². The second kappa shape index (κ2) is 7.66. The highest BCUT2D eigenvalue weighted by molar-refractivity contribution is 5.79. The number of hydrogen-bond acceptors (Lipinski definition) is 4. The fourth-order valence-corrected chi connectivity index (χ4v) is 4.28. The number of oxazole rings is 1.